The van der Waals surface area contributed by atoms with Crippen molar-refractivity contribution in [3.05, 3.63) is 78.0 Å². The first-order valence-electron chi connectivity index (χ1n) is 12.4. The van der Waals surface area contributed by atoms with Gasteiger partial charge >= 0.3 is 0 Å². The zero-order valence-corrected chi connectivity index (χ0v) is 21.8. The third kappa shape index (κ3) is 6.89. The summed E-state index contributed by atoms with van der Waals surface area (Å²) in [5.74, 6) is 5.57. The van der Waals surface area contributed by atoms with Gasteiger partial charge in [0.05, 0.1) is 12.3 Å². The fourth-order valence-electron chi connectivity index (χ4n) is 4.46. The first-order valence-corrected chi connectivity index (χ1v) is 13.9. The van der Waals surface area contributed by atoms with E-state index in [9.17, 15) is 8.78 Å². The Balaban J connectivity index is 1.34. The zero-order chi connectivity index (χ0) is 25.5. The number of para-hydroxylation sites is 1. The van der Waals surface area contributed by atoms with E-state index in [1.807, 2.05) is 30.3 Å². The molecule has 0 aliphatic carbocycles. The number of rotatable bonds is 11. The molecular formula is C28H35F2N5S. The predicted octanol–water partition coefficient (Wildman–Crippen LogP) is 5.66. The smallest absolute Gasteiger partial charge is 0.278 e. The topological polar surface area (TPSA) is 34.4 Å². The van der Waals surface area contributed by atoms with Gasteiger partial charge in [-0.15, -0.1) is 10.7 Å². The van der Waals surface area contributed by atoms with Crippen molar-refractivity contribution in [2.45, 2.75) is 32.7 Å². The lowest BCUT2D eigenvalue weighted by Crippen LogP contribution is -2.45. The summed E-state index contributed by atoms with van der Waals surface area (Å²) in [6, 6.07) is 18.4. The van der Waals surface area contributed by atoms with E-state index in [4.69, 9.17) is 0 Å². The minimum atomic E-state index is -2.55. The number of benzene rings is 2. The van der Waals surface area contributed by atoms with Crippen LogP contribution in [0.4, 0.5) is 14.5 Å². The molecule has 1 atom stereocenters. The minimum absolute atomic E-state index is 0.109. The first kappa shape index (κ1) is 26.2. The molecule has 0 saturated carbocycles. The molecule has 1 unspecified atom stereocenters. The van der Waals surface area contributed by atoms with Crippen LogP contribution in [0.1, 0.15) is 30.9 Å². The fraction of sp³-hybridized carbons (Fsp3) is 0.393. The Morgan fingerprint density at radius 2 is 1.72 bits per heavy atom. The SMILES string of the molecule is C=C(C)N1CCN(CCCS(=C)N(Cc2ccc(C3=NN=C(C(F)F)C3)cc2)c2ccccc2)CC1. The predicted molar refractivity (Wildman–Crippen MR) is 151 cm³/mol. The van der Waals surface area contributed by atoms with Crippen molar-refractivity contribution in [3.63, 3.8) is 0 Å². The van der Waals surface area contributed by atoms with Crippen LogP contribution < -0.4 is 4.31 Å². The molecule has 2 aliphatic heterocycles. The Bertz CT molecular complexity index is 1110. The second kappa shape index (κ2) is 12.4. The van der Waals surface area contributed by atoms with E-state index in [0.717, 1.165) is 74.0 Å². The van der Waals surface area contributed by atoms with Crippen LogP contribution in [0.5, 0.6) is 0 Å². The third-order valence-corrected chi connectivity index (χ3v) is 8.36. The van der Waals surface area contributed by atoms with Crippen LogP contribution in [0.2, 0.25) is 0 Å². The van der Waals surface area contributed by atoms with Gasteiger partial charge in [0.1, 0.15) is 5.71 Å². The average molecular weight is 512 g/mol. The highest BCUT2D eigenvalue weighted by Crippen LogP contribution is 2.30. The Morgan fingerprint density at radius 3 is 2.33 bits per heavy atom. The largest absolute Gasteiger partial charge is 0.373 e. The van der Waals surface area contributed by atoms with E-state index >= 15 is 0 Å². The molecule has 36 heavy (non-hydrogen) atoms. The molecule has 4 rings (SSSR count). The Morgan fingerprint density at radius 1 is 1.03 bits per heavy atom. The Labute approximate surface area is 215 Å². The summed E-state index contributed by atoms with van der Waals surface area (Å²) < 4.78 is 28.2. The summed E-state index contributed by atoms with van der Waals surface area (Å²) in [5, 5.41) is 7.58. The van der Waals surface area contributed by atoms with Crippen molar-refractivity contribution in [2.24, 2.45) is 10.2 Å². The lowest BCUT2D eigenvalue weighted by atomic mass is 10.0. The quantitative estimate of drug-likeness (QED) is 0.365. The van der Waals surface area contributed by atoms with E-state index < -0.39 is 6.43 Å². The van der Waals surface area contributed by atoms with Crippen molar-refractivity contribution in [1.29, 1.82) is 0 Å². The van der Waals surface area contributed by atoms with Crippen LogP contribution in [-0.4, -0.2) is 72.0 Å². The number of alkyl halides is 2. The normalized spacial score (nSPS) is 17.2. The summed E-state index contributed by atoms with van der Waals surface area (Å²) in [4.78, 5) is 4.89. The van der Waals surface area contributed by atoms with Crippen molar-refractivity contribution in [2.75, 3.05) is 42.8 Å². The second-order valence-electron chi connectivity index (χ2n) is 9.27. The Kier molecular flexibility index (Phi) is 9.04. The van der Waals surface area contributed by atoms with E-state index in [0.29, 0.717) is 5.71 Å². The molecule has 1 fully saturated rings. The Hall–Kier alpha value is -2.84. The van der Waals surface area contributed by atoms with Gasteiger partial charge in [0.2, 0.25) is 0 Å². The van der Waals surface area contributed by atoms with Gasteiger partial charge in [-0.2, -0.15) is 10.2 Å². The molecule has 0 N–H and O–H groups in total. The molecule has 8 heteroatoms. The molecule has 0 aromatic heterocycles. The van der Waals surface area contributed by atoms with Gasteiger partial charge in [0, 0.05) is 49.7 Å². The lowest BCUT2D eigenvalue weighted by Gasteiger charge is -2.36. The van der Waals surface area contributed by atoms with Gasteiger partial charge in [-0.25, -0.2) is 8.78 Å². The molecule has 0 spiro atoms. The van der Waals surface area contributed by atoms with Gasteiger partial charge in [0.15, 0.2) is 0 Å². The molecule has 2 aromatic carbocycles. The van der Waals surface area contributed by atoms with Crippen LogP contribution in [0.25, 0.3) is 0 Å². The number of hydrogen-bond acceptors (Lipinski definition) is 5. The maximum Gasteiger partial charge on any atom is 0.278 e. The molecule has 1 saturated heterocycles. The van der Waals surface area contributed by atoms with Crippen molar-refractivity contribution in [1.82, 2.24) is 9.80 Å². The number of allylic oxidation sites excluding steroid dienone is 1. The van der Waals surface area contributed by atoms with E-state index in [2.05, 4.69) is 67.9 Å². The van der Waals surface area contributed by atoms with Crippen molar-refractivity contribution in [3.8, 4) is 0 Å². The standard InChI is InChI=1S/C28H35F2N5S/c1-22(2)34-17-15-33(16-18-34)14-7-19-36(3)35(25-8-5-4-6-9-25)21-23-10-12-24(13-11-23)26-20-27(28(29)30)32-31-26/h4-6,8-13,28H,1,3,7,14-21H2,2H3. The van der Waals surface area contributed by atoms with Gasteiger partial charge in [-0.1, -0.05) is 54.9 Å². The maximum atomic E-state index is 12.9. The molecule has 2 aromatic rings. The highest BCUT2D eigenvalue weighted by Gasteiger charge is 2.22. The van der Waals surface area contributed by atoms with Crippen LogP contribution in [0.15, 0.2) is 77.1 Å². The number of hydrogen-bond donors (Lipinski definition) is 0. The minimum Gasteiger partial charge on any atom is -0.373 e. The number of nitrogens with zero attached hydrogens (tertiary/aromatic N) is 5. The summed E-state index contributed by atoms with van der Waals surface area (Å²) in [7, 11) is -0.189. The van der Waals surface area contributed by atoms with Gasteiger partial charge in [0.25, 0.3) is 6.43 Å². The van der Waals surface area contributed by atoms with Crippen LogP contribution in [-0.2, 0) is 6.54 Å². The van der Waals surface area contributed by atoms with Crippen molar-refractivity contribution >= 4 is 33.7 Å². The molecule has 2 heterocycles. The highest BCUT2D eigenvalue weighted by molar-refractivity contribution is 8.15. The second-order valence-corrected chi connectivity index (χ2v) is 11.0. The summed E-state index contributed by atoms with van der Waals surface area (Å²) in [6.07, 6.45) is -1.34. The molecule has 0 bridgehead atoms. The van der Waals surface area contributed by atoms with Crippen molar-refractivity contribution < 1.29 is 8.78 Å². The first-order chi connectivity index (χ1) is 17.4. The average Bonchev–Trinajstić information content (AvgIpc) is 3.39. The van der Waals surface area contributed by atoms with Crippen LogP contribution in [0.3, 0.4) is 0 Å². The maximum absolute atomic E-state index is 12.9. The lowest BCUT2D eigenvalue weighted by molar-refractivity contribution is 0.160. The number of piperazine rings is 1. The highest BCUT2D eigenvalue weighted by atomic mass is 32.2. The third-order valence-electron chi connectivity index (χ3n) is 6.64. The summed E-state index contributed by atoms with van der Waals surface area (Å²) in [5.41, 5.74) is 4.73. The molecule has 5 nitrogen and oxygen atoms in total. The molecule has 0 radical (unpaired) electrons. The molecular weight excluding hydrogens is 476 g/mol. The molecule has 2 aliphatic rings. The molecule has 192 valence electrons. The van der Waals surface area contributed by atoms with E-state index in [1.165, 1.54) is 0 Å². The monoisotopic (exact) mass is 511 g/mol. The number of halogens is 2. The fourth-order valence-corrected chi connectivity index (χ4v) is 5.89. The zero-order valence-electron chi connectivity index (χ0n) is 21.0. The van der Waals surface area contributed by atoms with E-state index in [-0.39, 0.29) is 22.8 Å². The van der Waals surface area contributed by atoms with Gasteiger partial charge < -0.3 is 9.21 Å². The summed E-state index contributed by atoms with van der Waals surface area (Å²) >= 11 is 0. The summed E-state index contributed by atoms with van der Waals surface area (Å²) in [6.45, 7) is 12.2. The van der Waals surface area contributed by atoms with E-state index in [1.54, 1.807) is 0 Å². The molecule has 0 amide bonds. The number of anilines is 1. The van der Waals surface area contributed by atoms with Crippen LogP contribution >= 0.6 is 10.7 Å². The van der Waals surface area contributed by atoms with Crippen LogP contribution in [0, 0.1) is 0 Å². The van der Waals surface area contributed by atoms with Gasteiger partial charge in [-0.3, -0.25) is 4.90 Å². The van der Waals surface area contributed by atoms with Gasteiger partial charge in [-0.05, 0) is 43.1 Å².